The molecule has 0 spiro atoms. The predicted molar refractivity (Wildman–Crippen MR) is 80.4 cm³/mol. The monoisotopic (exact) mass is 282 g/mol. The van der Waals surface area contributed by atoms with Crippen LogP contribution in [-0.2, 0) is 6.61 Å². The molecular formula is C17H27FO2. The van der Waals surface area contributed by atoms with Gasteiger partial charge in [-0.25, -0.2) is 4.39 Å². The summed E-state index contributed by atoms with van der Waals surface area (Å²) in [5.41, 5.74) is 0.552. The second kappa shape index (κ2) is 10.7. The molecule has 0 atom stereocenters. The van der Waals surface area contributed by atoms with Gasteiger partial charge in [-0.3, -0.25) is 0 Å². The van der Waals surface area contributed by atoms with Crippen molar-refractivity contribution in [2.24, 2.45) is 0 Å². The minimum Gasteiger partial charge on any atom is -0.493 e. The smallest absolute Gasteiger partial charge is 0.127 e. The Balaban J connectivity index is 2.08. The number of rotatable bonds is 11. The van der Waals surface area contributed by atoms with Crippen molar-refractivity contribution in [1.29, 1.82) is 0 Å². The summed E-state index contributed by atoms with van der Waals surface area (Å²) in [6.45, 7) is 2.68. The molecule has 0 fully saturated rings. The zero-order valence-corrected chi connectivity index (χ0v) is 12.5. The number of aliphatic hydroxyl groups excluding tert-OH is 1. The van der Waals surface area contributed by atoms with E-state index in [9.17, 15) is 4.39 Å². The van der Waals surface area contributed by atoms with Crippen LogP contribution in [-0.4, -0.2) is 11.7 Å². The largest absolute Gasteiger partial charge is 0.493 e. The van der Waals surface area contributed by atoms with E-state index < -0.39 is 0 Å². The highest BCUT2D eigenvalue weighted by atomic mass is 19.1. The average Bonchev–Trinajstić information content (AvgIpc) is 2.45. The van der Waals surface area contributed by atoms with Gasteiger partial charge in [0.05, 0.1) is 13.2 Å². The van der Waals surface area contributed by atoms with Gasteiger partial charge in [0, 0.05) is 6.07 Å². The molecule has 0 saturated carbocycles. The second-order valence-corrected chi connectivity index (χ2v) is 5.28. The lowest BCUT2D eigenvalue weighted by Crippen LogP contribution is -1.99. The van der Waals surface area contributed by atoms with Crippen molar-refractivity contribution in [1.82, 2.24) is 0 Å². The van der Waals surface area contributed by atoms with Gasteiger partial charge in [-0.15, -0.1) is 0 Å². The van der Waals surface area contributed by atoms with Gasteiger partial charge in [-0.05, 0) is 24.1 Å². The molecule has 0 heterocycles. The molecule has 0 radical (unpaired) electrons. The van der Waals surface area contributed by atoms with Crippen molar-refractivity contribution in [3.05, 3.63) is 29.6 Å². The van der Waals surface area contributed by atoms with Crippen LogP contribution in [0.2, 0.25) is 0 Å². The highest BCUT2D eigenvalue weighted by molar-refractivity contribution is 5.29. The van der Waals surface area contributed by atoms with Gasteiger partial charge < -0.3 is 9.84 Å². The minimum absolute atomic E-state index is 0.161. The lowest BCUT2D eigenvalue weighted by atomic mass is 10.1. The lowest BCUT2D eigenvalue weighted by Gasteiger charge is -2.08. The van der Waals surface area contributed by atoms with E-state index in [0.29, 0.717) is 17.9 Å². The molecule has 0 bridgehead atoms. The molecule has 0 aliphatic heterocycles. The molecule has 0 aliphatic carbocycles. The van der Waals surface area contributed by atoms with Gasteiger partial charge in [0.2, 0.25) is 0 Å². The summed E-state index contributed by atoms with van der Waals surface area (Å²) >= 11 is 0. The van der Waals surface area contributed by atoms with Crippen LogP contribution in [0.4, 0.5) is 4.39 Å². The van der Waals surface area contributed by atoms with Gasteiger partial charge in [0.1, 0.15) is 11.6 Å². The van der Waals surface area contributed by atoms with Crippen LogP contribution in [0, 0.1) is 5.82 Å². The van der Waals surface area contributed by atoms with Gasteiger partial charge >= 0.3 is 0 Å². The van der Waals surface area contributed by atoms with Gasteiger partial charge in [0.25, 0.3) is 0 Å². The molecule has 1 rings (SSSR count). The van der Waals surface area contributed by atoms with E-state index in [2.05, 4.69) is 6.92 Å². The fourth-order valence-corrected chi connectivity index (χ4v) is 2.22. The molecule has 2 nitrogen and oxygen atoms in total. The topological polar surface area (TPSA) is 29.5 Å². The first-order valence-electron chi connectivity index (χ1n) is 7.79. The molecule has 1 aromatic rings. The maximum absolute atomic E-state index is 13.2. The Kier molecular flexibility index (Phi) is 9.05. The molecular weight excluding hydrogens is 255 g/mol. The minimum atomic E-state index is -0.359. The molecule has 0 aliphatic rings. The number of benzene rings is 1. The summed E-state index contributed by atoms with van der Waals surface area (Å²) < 4.78 is 18.7. The van der Waals surface area contributed by atoms with Crippen molar-refractivity contribution >= 4 is 0 Å². The molecule has 3 heteroatoms. The van der Waals surface area contributed by atoms with E-state index in [0.717, 1.165) is 12.8 Å². The molecule has 0 unspecified atom stereocenters. The van der Waals surface area contributed by atoms with E-state index in [4.69, 9.17) is 9.84 Å². The summed E-state index contributed by atoms with van der Waals surface area (Å²) in [5, 5.41) is 8.99. The quantitative estimate of drug-likeness (QED) is 0.589. The Hall–Kier alpha value is -1.09. The van der Waals surface area contributed by atoms with E-state index in [1.165, 1.54) is 50.7 Å². The third kappa shape index (κ3) is 7.49. The zero-order valence-electron chi connectivity index (χ0n) is 12.5. The Labute approximate surface area is 122 Å². The molecule has 0 saturated heterocycles. The Morgan fingerprint density at radius 2 is 1.60 bits per heavy atom. The second-order valence-electron chi connectivity index (χ2n) is 5.28. The van der Waals surface area contributed by atoms with Crippen LogP contribution < -0.4 is 4.74 Å². The molecule has 1 aromatic carbocycles. The van der Waals surface area contributed by atoms with E-state index in [1.54, 1.807) is 6.07 Å². The first kappa shape index (κ1) is 17.0. The molecule has 20 heavy (non-hydrogen) atoms. The normalized spacial score (nSPS) is 10.8. The predicted octanol–water partition coefficient (Wildman–Crippen LogP) is 4.84. The molecule has 0 amide bonds. The zero-order chi connectivity index (χ0) is 14.6. The fraction of sp³-hybridized carbons (Fsp3) is 0.647. The summed E-state index contributed by atoms with van der Waals surface area (Å²) in [4.78, 5) is 0. The number of aliphatic hydroxyl groups is 1. The van der Waals surface area contributed by atoms with E-state index in [-0.39, 0.29) is 12.4 Å². The number of unbranched alkanes of at least 4 members (excludes halogenated alkanes) is 7. The molecule has 114 valence electrons. The standard InChI is InChI=1S/C17H27FO2/c1-2-3-4-5-6-7-8-9-10-20-17-12-15(14-19)11-16(18)13-17/h11-13,19H,2-10,14H2,1H3. The molecule has 0 aromatic heterocycles. The first-order chi connectivity index (χ1) is 9.76. The maximum atomic E-state index is 13.2. The van der Waals surface area contributed by atoms with Crippen LogP contribution in [0.3, 0.4) is 0 Å². The summed E-state index contributed by atoms with van der Waals surface area (Å²) in [5.74, 6) is 0.152. The van der Waals surface area contributed by atoms with Crippen LogP contribution in [0.15, 0.2) is 18.2 Å². The summed E-state index contributed by atoms with van der Waals surface area (Å²) in [7, 11) is 0. The van der Waals surface area contributed by atoms with Crippen LogP contribution >= 0.6 is 0 Å². The summed E-state index contributed by atoms with van der Waals surface area (Å²) in [6.07, 6.45) is 10.0. The Morgan fingerprint density at radius 3 is 2.25 bits per heavy atom. The third-order valence-corrected chi connectivity index (χ3v) is 3.38. The average molecular weight is 282 g/mol. The number of hydrogen-bond acceptors (Lipinski definition) is 2. The van der Waals surface area contributed by atoms with Crippen molar-refractivity contribution in [2.75, 3.05) is 6.61 Å². The van der Waals surface area contributed by atoms with Gasteiger partial charge in [-0.1, -0.05) is 51.9 Å². The fourth-order valence-electron chi connectivity index (χ4n) is 2.22. The SMILES string of the molecule is CCCCCCCCCCOc1cc(F)cc(CO)c1. The number of halogens is 1. The number of hydrogen-bond donors (Lipinski definition) is 1. The van der Waals surface area contributed by atoms with Crippen molar-refractivity contribution < 1.29 is 14.2 Å². The van der Waals surface area contributed by atoms with Crippen LogP contribution in [0.5, 0.6) is 5.75 Å². The van der Waals surface area contributed by atoms with E-state index >= 15 is 0 Å². The highest BCUT2D eigenvalue weighted by Crippen LogP contribution is 2.17. The lowest BCUT2D eigenvalue weighted by molar-refractivity contribution is 0.276. The van der Waals surface area contributed by atoms with E-state index in [1.807, 2.05) is 0 Å². The van der Waals surface area contributed by atoms with Gasteiger partial charge in [-0.2, -0.15) is 0 Å². The highest BCUT2D eigenvalue weighted by Gasteiger charge is 2.01. The van der Waals surface area contributed by atoms with Crippen molar-refractivity contribution in [2.45, 2.75) is 64.9 Å². The molecule has 1 N–H and O–H groups in total. The Bertz CT molecular complexity index is 366. The summed E-state index contributed by atoms with van der Waals surface area (Å²) in [6, 6.07) is 4.38. The van der Waals surface area contributed by atoms with Crippen LogP contribution in [0.1, 0.15) is 63.9 Å². The number of ether oxygens (including phenoxy) is 1. The first-order valence-corrected chi connectivity index (χ1v) is 7.79. The third-order valence-electron chi connectivity index (χ3n) is 3.38. The maximum Gasteiger partial charge on any atom is 0.127 e. The van der Waals surface area contributed by atoms with Crippen molar-refractivity contribution in [3.63, 3.8) is 0 Å². The Morgan fingerprint density at radius 1 is 0.950 bits per heavy atom. The van der Waals surface area contributed by atoms with Crippen molar-refractivity contribution in [3.8, 4) is 5.75 Å². The van der Waals surface area contributed by atoms with Gasteiger partial charge in [0.15, 0.2) is 0 Å². The van der Waals surface area contributed by atoms with Crippen LogP contribution in [0.25, 0.3) is 0 Å².